The van der Waals surface area contributed by atoms with E-state index in [1.807, 2.05) is 32.9 Å². The second kappa shape index (κ2) is 7.06. The fourth-order valence-corrected chi connectivity index (χ4v) is 2.15. The maximum atomic E-state index is 12.4. The topological polar surface area (TPSA) is 77.2 Å². The first-order valence-corrected chi connectivity index (χ1v) is 7.35. The Morgan fingerprint density at radius 3 is 2.91 bits per heavy atom. The molecule has 2 aromatic rings. The van der Waals surface area contributed by atoms with Gasteiger partial charge >= 0.3 is 0 Å². The molecule has 0 saturated heterocycles. The first-order valence-electron chi connectivity index (χ1n) is 7.35. The van der Waals surface area contributed by atoms with Crippen molar-refractivity contribution in [3.05, 3.63) is 40.9 Å². The standard InChI is InChI=1S/C16H21N3O3/c1-5-21-16-12(7-6-8-17-16)9-18-15(20)13-11(4)19-22-14(13)10(2)3/h6-8,10H,5,9H2,1-4H3,(H,18,20). The van der Waals surface area contributed by atoms with Gasteiger partial charge in [-0.2, -0.15) is 0 Å². The number of amides is 1. The van der Waals surface area contributed by atoms with E-state index in [9.17, 15) is 4.79 Å². The van der Waals surface area contributed by atoms with Crippen molar-refractivity contribution in [3.63, 3.8) is 0 Å². The summed E-state index contributed by atoms with van der Waals surface area (Å²) in [5, 5.41) is 6.77. The summed E-state index contributed by atoms with van der Waals surface area (Å²) in [5.74, 6) is 1.04. The largest absolute Gasteiger partial charge is 0.478 e. The molecule has 2 aromatic heterocycles. The highest BCUT2D eigenvalue weighted by Crippen LogP contribution is 2.22. The monoisotopic (exact) mass is 303 g/mol. The molecule has 1 amide bonds. The van der Waals surface area contributed by atoms with Gasteiger partial charge in [-0.1, -0.05) is 25.1 Å². The minimum Gasteiger partial charge on any atom is -0.478 e. The first-order chi connectivity index (χ1) is 10.5. The number of nitrogens with zero attached hydrogens (tertiary/aromatic N) is 2. The highest BCUT2D eigenvalue weighted by molar-refractivity contribution is 5.96. The molecule has 1 N–H and O–H groups in total. The number of carbonyl (C=O) groups excluding carboxylic acids is 1. The van der Waals surface area contributed by atoms with E-state index in [1.54, 1.807) is 13.1 Å². The molecule has 0 fully saturated rings. The van der Waals surface area contributed by atoms with Crippen LogP contribution in [-0.2, 0) is 6.54 Å². The molecule has 118 valence electrons. The van der Waals surface area contributed by atoms with Crippen LogP contribution < -0.4 is 10.1 Å². The lowest BCUT2D eigenvalue weighted by molar-refractivity contribution is 0.0947. The summed E-state index contributed by atoms with van der Waals surface area (Å²) < 4.78 is 10.7. The minimum atomic E-state index is -0.200. The second-order valence-corrected chi connectivity index (χ2v) is 5.25. The van der Waals surface area contributed by atoms with Crippen LogP contribution in [0.4, 0.5) is 0 Å². The Bertz CT molecular complexity index is 650. The summed E-state index contributed by atoms with van der Waals surface area (Å²) in [6, 6.07) is 3.69. The molecule has 0 aliphatic heterocycles. The number of carbonyl (C=O) groups is 1. The zero-order valence-corrected chi connectivity index (χ0v) is 13.3. The average Bonchev–Trinajstić information content (AvgIpc) is 2.88. The third kappa shape index (κ3) is 3.44. The van der Waals surface area contributed by atoms with Gasteiger partial charge in [-0.15, -0.1) is 0 Å². The Morgan fingerprint density at radius 1 is 1.45 bits per heavy atom. The molecule has 6 nitrogen and oxygen atoms in total. The van der Waals surface area contributed by atoms with Crippen LogP contribution in [0.25, 0.3) is 0 Å². The Balaban J connectivity index is 2.12. The quantitative estimate of drug-likeness (QED) is 0.888. The van der Waals surface area contributed by atoms with E-state index in [1.165, 1.54) is 0 Å². The van der Waals surface area contributed by atoms with E-state index in [2.05, 4.69) is 15.5 Å². The Hall–Kier alpha value is -2.37. The van der Waals surface area contributed by atoms with E-state index in [0.717, 1.165) is 5.56 Å². The lowest BCUT2D eigenvalue weighted by atomic mass is 10.0. The number of aromatic nitrogens is 2. The summed E-state index contributed by atoms with van der Waals surface area (Å²) in [6.45, 7) is 8.45. The third-order valence-electron chi connectivity index (χ3n) is 3.21. The van der Waals surface area contributed by atoms with Crippen molar-refractivity contribution in [1.82, 2.24) is 15.5 Å². The van der Waals surface area contributed by atoms with Crippen molar-refractivity contribution >= 4 is 5.91 Å². The molecule has 2 heterocycles. The van der Waals surface area contributed by atoms with Crippen LogP contribution in [0.3, 0.4) is 0 Å². The molecule has 0 aliphatic carbocycles. The van der Waals surface area contributed by atoms with Gasteiger partial charge in [-0.05, 0) is 19.9 Å². The molecule has 0 unspecified atom stereocenters. The van der Waals surface area contributed by atoms with Crippen LogP contribution in [0, 0.1) is 6.92 Å². The van der Waals surface area contributed by atoms with Crippen molar-refractivity contribution in [3.8, 4) is 5.88 Å². The molecule has 0 aromatic carbocycles. The Kier molecular flexibility index (Phi) is 5.14. The molecule has 0 saturated carbocycles. The molecule has 0 atom stereocenters. The molecular formula is C16H21N3O3. The van der Waals surface area contributed by atoms with Crippen LogP contribution in [0.15, 0.2) is 22.9 Å². The van der Waals surface area contributed by atoms with Gasteiger partial charge in [-0.25, -0.2) is 4.98 Å². The molecule has 0 spiro atoms. The molecule has 0 aliphatic rings. The second-order valence-electron chi connectivity index (χ2n) is 5.25. The maximum absolute atomic E-state index is 12.4. The summed E-state index contributed by atoms with van der Waals surface area (Å²) in [5.41, 5.74) is 1.94. The van der Waals surface area contributed by atoms with Gasteiger partial charge < -0.3 is 14.6 Å². The molecule has 2 rings (SSSR count). The number of pyridine rings is 1. The van der Waals surface area contributed by atoms with Crippen LogP contribution >= 0.6 is 0 Å². The van der Waals surface area contributed by atoms with Crippen LogP contribution in [0.1, 0.15) is 54.1 Å². The molecule has 22 heavy (non-hydrogen) atoms. The number of aryl methyl sites for hydroxylation is 1. The summed E-state index contributed by atoms with van der Waals surface area (Å²) >= 11 is 0. The molecular weight excluding hydrogens is 282 g/mol. The zero-order valence-electron chi connectivity index (χ0n) is 13.3. The predicted molar refractivity (Wildman–Crippen MR) is 81.9 cm³/mol. The van der Waals surface area contributed by atoms with E-state index < -0.39 is 0 Å². The number of nitrogens with one attached hydrogen (secondary N) is 1. The van der Waals surface area contributed by atoms with E-state index in [0.29, 0.717) is 36.0 Å². The van der Waals surface area contributed by atoms with Crippen LogP contribution in [0.5, 0.6) is 5.88 Å². The predicted octanol–water partition coefficient (Wildman–Crippen LogP) is 2.83. The van der Waals surface area contributed by atoms with Gasteiger partial charge in [0.1, 0.15) is 5.56 Å². The fourth-order valence-electron chi connectivity index (χ4n) is 2.15. The lowest BCUT2D eigenvalue weighted by Gasteiger charge is -2.10. The fraction of sp³-hybridized carbons (Fsp3) is 0.438. The van der Waals surface area contributed by atoms with Crippen molar-refractivity contribution in [2.75, 3.05) is 6.61 Å². The smallest absolute Gasteiger partial charge is 0.257 e. The van der Waals surface area contributed by atoms with Crippen molar-refractivity contribution < 1.29 is 14.1 Å². The SMILES string of the molecule is CCOc1ncccc1CNC(=O)c1c(C)noc1C(C)C. The van der Waals surface area contributed by atoms with Crippen molar-refractivity contribution in [1.29, 1.82) is 0 Å². The normalized spacial score (nSPS) is 10.8. The van der Waals surface area contributed by atoms with E-state index >= 15 is 0 Å². The van der Waals surface area contributed by atoms with E-state index in [-0.39, 0.29) is 11.8 Å². The Morgan fingerprint density at radius 2 is 2.23 bits per heavy atom. The highest BCUT2D eigenvalue weighted by atomic mass is 16.5. The van der Waals surface area contributed by atoms with Gasteiger partial charge in [-0.3, -0.25) is 4.79 Å². The van der Waals surface area contributed by atoms with Gasteiger partial charge in [0.15, 0.2) is 5.76 Å². The molecule has 0 radical (unpaired) electrons. The highest BCUT2D eigenvalue weighted by Gasteiger charge is 2.22. The van der Waals surface area contributed by atoms with Gasteiger partial charge in [0.05, 0.1) is 12.3 Å². The first kappa shape index (κ1) is 16.0. The number of hydrogen-bond acceptors (Lipinski definition) is 5. The van der Waals surface area contributed by atoms with Crippen molar-refractivity contribution in [2.24, 2.45) is 0 Å². The third-order valence-corrected chi connectivity index (χ3v) is 3.21. The maximum Gasteiger partial charge on any atom is 0.257 e. The molecule has 6 heteroatoms. The minimum absolute atomic E-state index is 0.0966. The number of hydrogen-bond donors (Lipinski definition) is 1. The van der Waals surface area contributed by atoms with Crippen LogP contribution in [0.2, 0.25) is 0 Å². The van der Waals surface area contributed by atoms with Gasteiger partial charge in [0, 0.05) is 24.2 Å². The zero-order chi connectivity index (χ0) is 16.1. The van der Waals surface area contributed by atoms with Gasteiger partial charge in [0.2, 0.25) is 5.88 Å². The number of ether oxygens (including phenoxy) is 1. The van der Waals surface area contributed by atoms with Gasteiger partial charge in [0.25, 0.3) is 5.91 Å². The van der Waals surface area contributed by atoms with Crippen LogP contribution in [-0.4, -0.2) is 22.7 Å². The summed E-state index contributed by atoms with van der Waals surface area (Å²) in [4.78, 5) is 16.6. The Labute approximate surface area is 129 Å². The average molecular weight is 303 g/mol. The number of rotatable bonds is 6. The lowest BCUT2D eigenvalue weighted by Crippen LogP contribution is -2.24. The van der Waals surface area contributed by atoms with E-state index in [4.69, 9.17) is 9.26 Å². The summed E-state index contributed by atoms with van der Waals surface area (Å²) in [6.07, 6.45) is 1.66. The summed E-state index contributed by atoms with van der Waals surface area (Å²) in [7, 11) is 0. The molecule has 0 bridgehead atoms. The van der Waals surface area contributed by atoms with Crippen molar-refractivity contribution in [2.45, 2.75) is 40.2 Å².